The van der Waals surface area contributed by atoms with Gasteiger partial charge in [-0.3, -0.25) is 14.9 Å². The monoisotopic (exact) mass is 227 g/mol. The number of ether oxygens (including phenoxy) is 1. The summed E-state index contributed by atoms with van der Waals surface area (Å²) in [5.74, 6) is -1.52. The second kappa shape index (κ2) is 4.69. The number of benzene rings is 1. The maximum absolute atomic E-state index is 13.3. The SMILES string of the molecule is CCOc1cc(C(C)=O)c(F)cc1[N+](=O)[O-]. The Labute approximate surface area is 91.0 Å². The van der Waals surface area contributed by atoms with Gasteiger partial charge in [0.05, 0.1) is 23.2 Å². The molecule has 0 saturated carbocycles. The minimum atomic E-state index is -0.914. The summed E-state index contributed by atoms with van der Waals surface area (Å²) in [6, 6.07) is 1.75. The summed E-state index contributed by atoms with van der Waals surface area (Å²) in [4.78, 5) is 20.9. The van der Waals surface area contributed by atoms with Gasteiger partial charge in [0.2, 0.25) is 0 Å². The number of carbonyl (C=O) groups is 1. The van der Waals surface area contributed by atoms with Gasteiger partial charge < -0.3 is 4.74 Å². The molecule has 0 aliphatic rings. The first kappa shape index (κ1) is 12.1. The van der Waals surface area contributed by atoms with Crippen LogP contribution < -0.4 is 4.74 Å². The van der Waals surface area contributed by atoms with Gasteiger partial charge in [-0.25, -0.2) is 4.39 Å². The molecule has 0 spiro atoms. The van der Waals surface area contributed by atoms with Crippen molar-refractivity contribution in [2.24, 2.45) is 0 Å². The summed E-state index contributed by atoms with van der Waals surface area (Å²) in [5, 5.41) is 10.6. The van der Waals surface area contributed by atoms with E-state index < -0.39 is 22.2 Å². The molecule has 0 amide bonds. The van der Waals surface area contributed by atoms with Crippen molar-refractivity contribution < 1.29 is 18.8 Å². The number of nitro groups is 1. The standard InChI is InChI=1S/C10H10FNO4/c1-3-16-10-4-7(6(2)13)8(11)5-9(10)12(14)15/h4-5H,3H2,1-2H3. The first-order valence-electron chi connectivity index (χ1n) is 4.59. The van der Waals surface area contributed by atoms with Gasteiger partial charge in [0.25, 0.3) is 0 Å². The lowest BCUT2D eigenvalue weighted by Crippen LogP contribution is -2.03. The molecule has 0 bridgehead atoms. The van der Waals surface area contributed by atoms with Crippen molar-refractivity contribution >= 4 is 11.5 Å². The lowest BCUT2D eigenvalue weighted by atomic mass is 10.1. The van der Waals surface area contributed by atoms with Crippen LogP contribution in [0.1, 0.15) is 24.2 Å². The highest BCUT2D eigenvalue weighted by Crippen LogP contribution is 2.30. The Morgan fingerprint density at radius 3 is 2.62 bits per heavy atom. The molecule has 0 aliphatic carbocycles. The second-order valence-electron chi connectivity index (χ2n) is 3.05. The van der Waals surface area contributed by atoms with E-state index in [1.54, 1.807) is 6.92 Å². The van der Waals surface area contributed by atoms with Gasteiger partial charge in [-0.05, 0) is 13.8 Å². The van der Waals surface area contributed by atoms with E-state index in [-0.39, 0.29) is 17.9 Å². The molecular weight excluding hydrogens is 217 g/mol. The predicted molar refractivity (Wildman–Crippen MR) is 54.2 cm³/mol. The van der Waals surface area contributed by atoms with E-state index >= 15 is 0 Å². The maximum Gasteiger partial charge on any atom is 0.313 e. The summed E-state index contributed by atoms with van der Waals surface area (Å²) in [7, 11) is 0. The van der Waals surface area contributed by atoms with Crippen molar-refractivity contribution in [3.05, 3.63) is 33.6 Å². The summed E-state index contributed by atoms with van der Waals surface area (Å²) in [6.45, 7) is 3.02. The highest BCUT2D eigenvalue weighted by molar-refractivity contribution is 5.95. The molecule has 0 unspecified atom stereocenters. The Morgan fingerprint density at radius 2 is 2.19 bits per heavy atom. The first-order chi connectivity index (χ1) is 7.47. The minimum Gasteiger partial charge on any atom is -0.487 e. The lowest BCUT2D eigenvalue weighted by Gasteiger charge is -2.06. The van der Waals surface area contributed by atoms with Crippen molar-refractivity contribution in [2.45, 2.75) is 13.8 Å². The van der Waals surface area contributed by atoms with Gasteiger partial charge >= 0.3 is 5.69 Å². The molecule has 6 heteroatoms. The zero-order valence-electron chi connectivity index (χ0n) is 8.82. The molecule has 16 heavy (non-hydrogen) atoms. The number of ketones is 1. The summed E-state index contributed by atoms with van der Waals surface area (Å²) >= 11 is 0. The number of rotatable bonds is 4. The van der Waals surface area contributed by atoms with Crippen LogP contribution in [0.2, 0.25) is 0 Å². The van der Waals surface area contributed by atoms with Crippen LogP contribution in [-0.4, -0.2) is 17.3 Å². The normalized spacial score (nSPS) is 9.94. The van der Waals surface area contributed by atoms with Crippen molar-refractivity contribution in [2.75, 3.05) is 6.61 Å². The molecule has 0 aromatic heterocycles. The van der Waals surface area contributed by atoms with Crippen LogP contribution in [0, 0.1) is 15.9 Å². The van der Waals surface area contributed by atoms with Crippen molar-refractivity contribution in [3.8, 4) is 5.75 Å². The average molecular weight is 227 g/mol. The Hall–Kier alpha value is -1.98. The van der Waals surface area contributed by atoms with E-state index in [0.29, 0.717) is 6.07 Å². The molecule has 0 heterocycles. The van der Waals surface area contributed by atoms with Crippen LogP contribution in [-0.2, 0) is 0 Å². The molecule has 1 aromatic rings. The number of Topliss-reactive ketones (excluding diaryl/α,β-unsaturated/α-hetero) is 1. The zero-order chi connectivity index (χ0) is 12.3. The Bertz CT molecular complexity index is 445. The third-order valence-corrected chi connectivity index (χ3v) is 1.92. The Morgan fingerprint density at radius 1 is 1.56 bits per heavy atom. The van der Waals surface area contributed by atoms with Gasteiger partial charge in [-0.2, -0.15) is 0 Å². The van der Waals surface area contributed by atoms with Gasteiger partial charge in [0.15, 0.2) is 11.5 Å². The topological polar surface area (TPSA) is 69.4 Å². The molecule has 1 rings (SSSR count). The minimum absolute atomic E-state index is 0.0981. The average Bonchev–Trinajstić information content (AvgIpc) is 2.19. The van der Waals surface area contributed by atoms with Crippen LogP contribution in [0.25, 0.3) is 0 Å². The molecular formula is C10H10FNO4. The number of halogens is 1. The van der Waals surface area contributed by atoms with Crippen LogP contribution in [0.5, 0.6) is 5.75 Å². The molecule has 0 fully saturated rings. The molecule has 0 aliphatic heterocycles. The smallest absolute Gasteiger partial charge is 0.313 e. The maximum atomic E-state index is 13.3. The van der Waals surface area contributed by atoms with Crippen molar-refractivity contribution in [1.82, 2.24) is 0 Å². The number of hydrogen-bond donors (Lipinski definition) is 0. The quantitative estimate of drug-likeness (QED) is 0.449. The van der Waals surface area contributed by atoms with E-state index in [9.17, 15) is 19.3 Å². The number of nitro benzene ring substituents is 1. The van der Waals surface area contributed by atoms with E-state index in [1.807, 2.05) is 0 Å². The second-order valence-corrected chi connectivity index (χ2v) is 3.05. The highest BCUT2D eigenvalue weighted by atomic mass is 19.1. The zero-order valence-corrected chi connectivity index (χ0v) is 8.82. The molecule has 0 saturated heterocycles. The largest absolute Gasteiger partial charge is 0.487 e. The molecule has 0 radical (unpaired) electrons. The number of carbonyl (C=O) groups excluding carboxylic acids is 1. The third kappa shape index (κ3) is 2.33. The Kier molecular flexibility index (Phi) is 3.55. The van der Waals surface area contributed by atoms with Gasteiger partial charge in [-0.15, -0.1) is 0 Å². The fourth-order valence-corrected chi connectivity index (χ4v) is 1.23. The van der Waals surface area contributed by atoms with Gasteiger partial charge in [0.1, 0.15) is 5.82 Å². The van der Waals surface area contributed by atoms with Gasteiger partial charge in [-0.1, -0.05) is 0 Å². The number of nitrogens with zero attached hydrogens (tertiary/aromatic N) is 1. The van der Waals surface area contributed by atoms with E-state index in [2.05, 4.69) is 0 Å². The summed E-state index contributed by atoms with van der Waals surface area (Å²) < 4.78 is 18.3. The fraction of sp³-hybridized carbons (Fsp3) is 0.300. The van der Waals surface area contributed by atoms with Crippen LogP contribution in [0.3, 0.4) is 0 Å². The first-order valence-corrected chi connectivity index (χ1v) is 4.59. The number of hydrogen-bond acceptors (Lipinski definition) is 4. The molecule has 5 nitrogen and oxygen atoms in total. The van der Waals surface area contributed by atoms with E-state index in [4.69, 9.17) is 4.74 Å². The van der Waals surface area contributed by atoms with Gasteiger partial charge in [0, 0.05) is 6.07 Å². The van der Waals surface area contributed by atoms with Crippen LogP contribution >= 0.6 is 0 Å². The molecule has 0 atom stereocenters. The lowest BCUT2D eigenvalue weighted by molar-refractivity contribution is -0.386. The molecule has 86 valence electrons. The summed E-state index contributed by atoms with van der Waals surface area (Å²) in [6.07, 6.45) is 0. The van der Waals surface area contributed by atoms with E-state index in [1.165, 1.54) is 6.92 Å². The van der Waals surface area contributed by atoms with Crippen LogP contribution in [0.15, 0.2) is 12.1 Å². The molecule has 0 N–H and O–H groups in total. The van der Waals surface area contributed by atoms with Crippen molar-refractivity contribution in [3.63, 3.8) is 0 Å². The predicted octanol–water partition coefficient (Wildman–Crippen LogP) is 2.34. The van der Waals surface area contributed by atoms with Crippen LogP contribution in [0.4, 0.5) is 10.1 Å². The Balaban J connectivity index is 3.36. The summed E-state index contributed by atoms with van der Waals surface area (Å²) in [5.41, 5.74) is -0.696. The third-order valence-electron chi connectivity index (χ3n) is 1.92. The molecule has 1 aromatic carbocycles. The van der Waals surface area contributed by atoms with E-state index in [0.717, 1.165) is 6.07 Å². The fourth-order valence-electron chi connectivity index (χ4n) is 1.23. The highest BCUT2D eigenvalue weighted by Gasteiger charge is 2.21. The van der Waals surface area contributed by atoms with Crippen molar-refractivity contribution in [1.29, 1.82) is 0 Å².